The number of hydrogen-bond acceptors (Lipinski definition) is 2. The molecule has 0 aliphatic heterocycles. The van der Waals surface area contributed by atoms with Gasteiger partial charge in [0, 0.05) is 11.8 Å². The Morgan fingerprint density at radius 1 is 1.04 bits per heavy atom. The number of ketones is 1. The third-order valence-electron chi connectivity index (χ3n) is 9.24. The van der Waals surface area contributed by atoms with Gasteiger partial charge in [0.1, 0.15) is 11.5 Å². The lowest BCUT2D eigenvalue weighted by Crippen LogP contribution is -2.53. The summed E-state index contributed by atoms with van der Waals surface area (Å²) in [4.78, 5) is 13.0. The zero-order valence-electron chi connectivity index (χ0n) is 17.7. The first-order chi connectivity index (χ1) is 13.5. The van der Waals surface area contributed by atoms with Crippen LogP contribution >= 0.6 is 0 Å². The largest absolute Gasteiger partial charge is 0.497 e. The second-order valence-corrected chi connectivity index (χ2v) is 10.3. The number of allylic oxidation sites excluding steroid dienone is 2. The molecule has 3 saturated carbocycles. The molecule has 1 aromatic carbocycles. The number of methoxy groups -OCH3 is 1. The average Bonchev–Trinajstić information content (AvgIpc) is 3.01. The minimum absolute atomic E-state index is 0.113. The van der Waals surface area contributed by atoms with Crippen molar-refractivity contribution < 1.29 is 9.53 Å². The van der Waals surface area contributed by atoms with Gasteiger partial charge in [-0.2, -0.15) is 0 Å². The van der Waals surface area contributed by atoms with E-state index in [2.05, 4.69) is 44.2 Å². The lowest BCUT2D eigenvalue weighted by atomic mass is 9.44. The van der Waals surface area contributed by atoms with E-state index in [4.69, 9.17) is 4.74 Å². The van der Waals surface area contributed by atoms with Gasteiger partial charge in [0.2, 0.25) is 0 Å². The molecule has 6 atom stereocenters. The van der Waals surface area contributed by atoms with Crippen molar-refractivity contribution in [1.29, 1.82) is 0 Å². The predicted molar refractivity (Wildman–Crippen MR) is 112 cm³/mol. The van der Waals surface area contributed by atoms with E-state index in [1.54, 1.807) is 12.7 Å². The fraction of sp³-hybridized carbons (Fsp3) is 0.654. The number of hydrogen-bond donors (Lipinski definition) is 0. The Labute approximate surface area is 169 Å². The number of carbonyl (C=O) groups is 1. The number of rotatable bonds is 2. The summed E-state index contributed by atoms with van der Waals surface area (Å²) in [5.41, 5.74) is 3.35. The molecule has 0 radical (unpaired) electrons. The van der Waals surface area contributed by atoms with Gasteiger partial charge in [0.15, 0.2) is 0 Å². The van der Waals surface area contributed by atoms with E-state index >= 15 is 0 Å². The van der Waals surface area contributed by atoms with Gasteiger partial charge in [0.25, 0.3) is 0 Å². The van der Waals surface area contributed by atoms with Gasteiger partial charge < -0.3 is 4.74 Å². The van der Waals surface area contributed by atoms with Crippen molar-refractivity contribution >= 4 is 5.78 Å². The minimum Gasteiger partial charge on any atom is -0.497 e. The highest BCUT2D eigenvalue weighted by Crippen LogP contribution is 2.68. The van der Waals surface area contributed by atoms with Crippen molar-refractivity contribution in [2.75, 3.05) is 7.11 Å². The monoisotopic (exact) mass is 378 g/mol. The van der Waals surface area contributed by atoms with Crippen molar-refractivity contribution in [3.63, 3.8) is 0 Å². The van der Waals surface area contributed by atoms with E-state index in [1.807, 2.05) is 0 Å². The normalized spacial score (nSPS) is 42.2. The summed E-state index contributed by atoms with van der Waals surface area (Å²) in [6.07, 6.45) is 12.0. The Balaban J connectivity index is 1.62. The van der Waals surface area contributed by atoms with Crippen LogP contribution < -0.4 is 4.74 Å². The van der Waals surface area contributed by atoms with Crippen LogP contribution in [0.3, 0.4) is 0 Å². The van der Waals surface area contributed by atoms with Gasteiger partial charge in [-0.25, -0.2) is 0 Å². The molecular weight excluding hydrogens is 344 g/mol. The fourth-order valence-electron chi connectivity index (χ4n) is 7.89. The summed E-state index contributed by atoms with van der Waals surface area (Å²) in [6.45, 7) is 4.86. The van der Waals surface area contributed by atoms with Crippen LogP contribution in [0.1, 0.15) is 76.7 Å². The molecule has 0 saturated heterocycles. The van der Waals surface area contributed by atoms with E-state index in [-0.39, 0.29) is 5.41 Å². The van der Waals surface area contributed by atoms with Crippen LogP contribution in [-0.2, 0) is 4.79 Å². The topological polar surface area (TPSA) is 26.3 Å². The first-order valence-corrected chi connectivity index (χ1v) is 11.3. The maximum absolute atomic E-state index is 13.0. The number of carbonyl (C=O) groups excluding carboxylic acids is 1. The van der Waals surface area contributed by atoms with Crippen LogP contribution in [0.4, 0.5) is 0 Å². The summed E-state index contributed by atoms with van der Waals surface area (Å²) in [5, 5.41) is 0. The van der Waals surface area contributed by atoms with Gasteiger partial charge in [0.05, 0.1) is 7.11 Å². The first kappa shape index (κ1) is 18.5. The number of benzene rings is 1. The van der Waals surface area contributed by atoms with E-state index < -0.39 is 0 Å². The van der Waals surface area contributed by atoms with Crippen molar-refractivity contribution in [2.24, 2.45) is 28.6 Å². The fourth-order valence-corrected chi connectivity index (χ4v) is 7.89. The molecule has 4 aliphatic rings. The minimum atomic E-state index is -0.113. The summed E-state index contributed by atoms with van der Waals surface area (Å²) < 4.78 is 5.41. The van der Waals surface area contributed by atoms with Crippen molar-refractivity contribution in [3.8, 4) is 5.75 Å². The average molecular weight is 379 g/mol. The number of fused-ring (bicyclic) bond motifs is 5. The molecule has 0 aromatic heterocycles. The molecule has 2 heteroatoms. The summed E-state index contributed by atoms with van der Waals surface area (Å²) in [5.74, 6) is 3.89. The van der Waals surface area contributed by atoms with Crippen molar-refractivity contribution in [1.82, 2.24) is 0 Å². The molecule has 0 spiro atoms. The molecule has 0 bridgehead atoms. The lowest BCUT2D eigenvalue weighted by Gasteiger charge is -2.60. The van der Waals surface area contributed by atoms with Crippen LogP contribution in [-0.4, -0.2) is 12.9 Å². The van der Waals surface area contributed by atoms with E-state index in [9.17, 15) is 4.79 Å². The van der Waals surface area contributed by atoms with Gasteiger partial charge in [-0.05, 0) is 91.7 Å². The van der Waals surface area contributed by atoms with Crippen molar-refractivity contribution in [2.45, 2.75) is 71.1 Å². The Morgan fingerprint density at radius 2 is 1.82 bits per heavy atom. The molecule has 1 aromatic rings. The molecular formula is C26H34O2. The Kier molecular flexibility index (Phi) is 4.27. The van der Waals surface area contributed by atoms with E-state index in [0.29, 0.717) is 34.9 Å². The Hall–Kier alpha value is -1.57. The highest BCUT2D eigenvalue weighted by Gasteiger charge is 2.61. The Bertz CT molecular complexity index is 806. The zero-order chi connectivity index (χ0) is 19.5. The molecule has 2 nitrogen and oxygen atoms in total. The third kappa shape index (κ3) is 2.49. The highest BCUT2D eigenvalue weighted by molar-refractivity contribution is 5.87. The molecule has 4 aliphatic carbocycles. The van der Waals surface area contributed by atoms with Crippen LogP contribution in [0.2, 0.25) is 0 Å². The lowest BCUT2D eigenvalue weighted by molar-refractivity contribution is -0.134. The van der Waals surface area contributed by atoms with Gasteiger partial charge in [-0.3, -0.25) is 4.79 Å². The molecule has 6 unspecified atom stereocenters. The summed E-state index contributed by atoms with van der Waals surface area (Å²) in [7, 11) is 1.73. The first-order valence-electron chi connectivity index (χ1n) is 11.3. The SMILES string of the molecule is COc1ccc(C2CC3(C)C(=O)CCC3C3CCC4=CCCCC4(C)C23)cc1. The quantitative estimate of drug-likeness (QED) is 0.564. The Morgan fingerprint density at radius 3 is 2.57 bits per heavy atom. The molecule has 5 rings (SSSR count). The molecule has 28 heavy (non-hydrogen) atoms. The van der Waals surface area contributed by atoms with E-state index in [0.717, 1.165) is 25.0 Å². The predicted octanol–water partition coefficient (Wildman–Crippen LogP) is 6.31. The van der Waals surface area contributed by atoms with Gasteiger partial charge in [-0.15, -0.1) is 0 Å². The molecule has 150 valence electrons. The molecule has 0 heterocycles. The van der Waals surface area contributed by atoms with Crippen molar-refractivity contribution in [3.05, 3.63) is 41.5 Å². The molecule has 3 fully saturated rings. The second-order valence-electron chi connectivity index (χ2n) is 10.3. The second kappa shape index (κ2) is 6.47. The smallest absolute Gasteiger partial charge is 0.139 e. The van der Waals surface area contributed by atoms with E-state index in [1.165, 1.54) is 37.7 Å². The van der Waals surface area contributed by atoms with Gasteiger partial charge >= 0.3 is 0 Å². The standard InChI is InChI=1S/C26H34O2/c1-25-15-5-4-6-18(25)9-12-20-22-13-14-23(27)26(22,2)16-21(24(20)25)17-7-10-19(28-3)11-8-17/h6-8,10-11,20-22,24H,4-5,9,12-16H2,1-3H3. The third-order valence-corrected chi connectivity index (χ3v) is 9.24. The summed E-state index contributed by atoms with van der Waals surface area (Å²) >= 11 is 0. The number of ether oxygens (including phenoxy) is 1. The van der Waals surface area contributed by atoms with Crippen LogP contribution in [0.25, 0.3) is 0 Å². The highest BCUT2D eigenvalue weighted by atomic mass is 16.5. The van der Waals surface area contributed by atoms with Crippen LogP contribution in [0.15, 0.2) is 35.9 Å². The maximum atomic E-state index is 13.0. The van der Waals surface area contributed by atoms with Gasteiger partial charge in [-0.1, -0.05) is 37.6 Å². The number of Topliss-reactive ketones (excluding diaryl/α,β-unsaturated/α-hetero) is 1. The zero-order valence-corrected chi connectivity index (χ0v) is 17.7. The maximum Gasteiger partial charge on any atom is 0.139 e. The van der Waals surface area contributed by atoms with Crippen LogP contribution in [0, 0.1) is 28.6 Å². The van der Waals surface area contributed by atoms with Crippen LogP contribution in [0.5, 0.6) is 5.75 Å². The molecule has 0 amide bonds. The molecule has 0 N–H and O–H groups in total. The summed E-state index contributed by atoms with van der Waals surface area (Å²) in [6, 6.07) is 8.76.